The Morgan fingerprint density at radius 2 is 2.33 bits per heavy atom. The van der Waals surface area contributed by atoms with E-state index in [4.69, 9.17) is 4.74 Å². The van der Waals surface area contributed by atoms with Crippen LogP contribution < -0.4 is 0 Å². The molecule has 0 spiro atoms. The van der Waals surface area contributed by atoms with Crippen molar-refractivity contribution in [2.24, 2.45) is 0 Å². The predicted molar refractivity (Wildman–Crippen MR) is 74.0 cm³/mol. The van der Waals surface area contributed by atoms with Gasteiger partial charge in [-0.1, -0.05) is 6.08 Å². The number of fused-ring (bicyclic) bond motifs is 1. The molecule has 0 amide bonds. The number of carbonyl (C=O) groups is 1. The number of nitrogens with one attached hydrogen (secondary N) is 1. The number of aromatic amines is 1. The Labute approximate surface area is 109 Å². The fourth-order valence-corrected chi connectivity index (χ4v) is 3.53. The van der Waals surface area contributed by atoms with Crippen molar-refractivity contribution in [3.63, 3.8) is 0 Å². The molecule has 3 nitrogen and oxygen atoms in total. The second-order valence-electron chi connectivity index (χ2n) is 4.52. The number of hydrogen-bond donors (Lipinski definition) is 1. The zero-order valence-electron chi connectivity index (χ0n) is 10.3. The Kier molecular flexibility index (Phi) is 2.96. The molecule has 0 bridgehead atoms. The maximum absolute atomic E-state index is 11.5. The zero-order valence-corrected chi connectivity index (χ0v) is 11.1. The van der Waals surface area contributed by atoms with Crippen molar-refractivity contribution in [3.05, 3.63) is 28.8 Å². The van der Waals surface area contributed by atoms with Crippen LogP contribution in [0.15, 0.2) is 18.3 Å². The number of ether oxygens (including phenoxy) is 1. The van der Waals surface area contributed by atoms with Crippen LogP contribution in [-0.2, 0) is 4.74 Å². The summed E-state index contributed by atoms with van der Waals surface area (Å²) >= 11 is 1.51. The third-order valence-corrected chi connectivity index (χ3v) is 4.52. The maximum atomic E-state index is 11.5. The lowest BCUT2D eigenvalue weighted by Gasteiger charge is -2.10. The molecule has 2 aromatic heterocycles. The summed E-state index contributed by atoms with van der Waals surface area (Å²) in [6.07, 6.45) is 9.22. The van der Waals surface area contributed by atoms with Crippen LogP contribution in [0.3, 0.4) is 0 Å². The number of rotatable bonds is 2. The molecular weight excluding hydrogens is 246 g/mol. The Bertz CT molecular complexity index is 621. The molecule has 3 rings (SSSR count). The Hall–Kier alpha value is -1.55. The molecule has 0 saturated heterocycles. The molecule has 2 heterocycles. The van der Waals surface area contributed by atoms with Crippen molar-refractivity contribution < 1.29 is 9.53 Å². The molecule has 0 radical (unpaired) electrons. The normalized spacial score (nSPS) is 15.7. The van der Waals surface area contributed by atoms with Crippen molar-refractivity contribution in [1.29, 1.82) is 0 Å². The highest BCUT2D eigenvalue weighted by Gasteiger charge is 2.16. The van der Waals surface area contributed by atoms with E-state index in [-0.39, 0.29) is 5.97 Å². The average Bonchev–Trinajstić information content (AvgIpc) is 2.98. The quantitative estimate of drug-likeness (QED) is 0.831. The van der Waals surface area contributed by atoms with E-state index >= 15 is 0 Å². The van der Waals surface area contributed by atoms with Gasteiger partial charge in [-0.25, -0.2) is 4.79 Å². The number of esters is 1. The van der Waals surface area contributed by atoms with E-state index in [2.05, 4.69) is 17.3 Å². The summed E-state index contributed by atoms with van der Waals surface area (Å²) in [5.41, 5.74) is 3.69. The molecule has 0 unspecified atom stereocenters. The number of carbonyl (C=O) groups excluding carboxylic acids is 1. The molecular formula is C14H15NO2S. The van der Waals surface area contributed by atoms with Crippen LogP contribution in [-0.4, -0.2) is 18.1 Å². The first-order valence-corrected chi connectivity index (χ1v) is 7.00. The number of thiophene rings is 1. The van der Waals surface area contributed by atoms with Gasteiger partial charge in [0.25, 0.3) is 0 Å². The van der Waals surface area contributed by atoms with Crippen molar-refractivity contribution in [2.45, 2.75) is 25.7 Å². The lowest BCUT2D eigenvalue weighted by atomic mass is 9.95. The minimum absolute atomic E-state index is 0.256. The first kappa shape index (κ1) is 11.5. The van der Waals surface area contributed by atoms with Crippen molar-refractivity contribution in [1.82, 2.24) is 4.98 Å². The van der Waals surface area contributed by atoms with Gasteiger partial charge < -0.3 is 9.72 Å². The van der Waals surface area contributed by atoms with Gasteiger partial charge in [0.05, 0.1) is 17.3 Å². The van der Waals surface area contributed by atoms with Gasteiger partial charge >= 0.3 is 5.97 Å². The summed E-state index contributed by atoms with van der Waals surface area (Å²) in [4.78, 5) is 15.4. The van der Waals surface area contributed by atoms with Crippen LogP contribution in [0.1, 0.15) is 40.9 Å². The summed E-state index contributed by atoms with van der Waals surface area (Å²) in [7, 11) is 1.42. The van der Waals surface area contributed by atoms with Gasteiger partial charge in [-0.2, -0.15) is 0 Å². The van der Waals surface area contributed by atoms with Gasteiger partial charge in [-0.05, 0) is 37.3 Å². The van der Waals surface area contributed by atoms with Crippen molar-refractivity contribution >= 4 is 33.1 Å². The molecule has 0 aromatic carbocycles. The lowest BCUT2D eigenvalue weighted by molar-refractivity contribution is 0.0606. The molecule has 0 aliphatic heterocycles. The fourth-order valence-electron chi connectivity index (χ4n) is 2.44. The lowest BCUT2D eigenvalue weighted by Crippen LogP contribution is -1.96. The summed E-state index contributed by atoms with van der Waals surface area (Å²) in [6, 6.07) is 1.87. The van der Waals surface area contributed by atoms with Crippen LogP contribution in [0.2, 0.25) is 0 Å². The van der Waals surface area contributed by atoms with Gasteiger partial charge in [0.15, 0.2) is 0 Å². The highest BCUT2D eigenvalue weighted by atomic mass is 32.1. The van der Waals surface area contributed by atoms with Crippen LogP contribution in [0.4, 0.5) is 0 Å². The topological polar surface area (TPSA) is 42.1 Å². The largest absolute Gasteiger partial charge is 0.465 e. The number of aromatic nitrogens is 1. The van der Waals surface area contributed by atoms with Gasteiger partial charge in [-0.15, -0.1) is 11.3 Å². The van der Waals surface area contributed by atoms with Crippen LogP contribution >= 0.6 is 11.3 Å². The first-order valence-electron chi connectivity index (χ1n) is 6.18. The SMILES string of the molecule is COC(=O)c1cc2[nH]cc(C3=CCCCC3)c2s1. The van der Waals surface area contributed by atoms with Gasteiger partial charge in [-0.3, -0.25) is 0 Å². The Balaban J connectivity index is 2.05. The average molecular weight is 261 g/mol. The minimum atomic E-state index is -0.256. The van der Waals surface area contributed by atoms with Crippen LogP contribution in [0.5, 0.6) is 0 Å². The second-order valence-corrected chi connectivity index (χ2v) is 5.57. The number of methoxy groups -OCH3 is 1. The number of H-pyrrole nitrogens is 1. The molecule has 0 fully saturated rings. The molecule has 1 aliphatic rings. The van der Waals surface area contributed by atoms with E-state index in [1.54, 1.807) is 0 Å². The van der Waals surface area contributed by atoms with Crippen molar-refractivity contribution in [2.75, 3.05) is 7.11 Å². The van der Waals surface area contributed by atoms with Gasteiger partial charge in [0.1, 0.15) is 4.88 Å². The Morgan fingerprint density at radius 3 is 3.06 bits per heavy atom. The number of hydrogen-bond acceptors (Lipinski definition) is 3. The fraction of sp³-hybridized carbons (Fsp3) is 0.357. The highest BCUT2D eigenvalue weighted by Crippen LogP contribution is 2.36. The molecule has 18 heavy (non-hydrogen) atoms. The van der Waals surface area contributed by atoms with Crippen LogP contribution in [0.25, 0.3) is 15.8 Å². The third-order valence-electron chi connectivity index (χ3n) is 3.37. The zero-order chi connectivity index (χ0) is 12.5. The molecule has 0 atom stereocenters. The van der Waals surface area contributed by atoms with E-state index in [1.165, 1.54) is 47.1 Å². The molecule has 0 saturated carbocycles. The van der Waals surface area contributed by atoms with E-state index in [9.17, 15) is 4.79 Å². The highest BCUT2D eigenvalue weighted by molar-refractivity contribution is 7.21. The van der Waals surface area contributed by atoms with Crippen LogP contribution in [0, 0.1) is 0 Å². The third kappa shape index (κ3) is 1.86. The van der Waals surface area contributed by atoms with Gasteiger partial charge in [0, 0.05) is 11.8 Å². The summed E-state index contributed by atoms with van der Waals surface area (Å²) in [6.45, 7) is 0. The molecule has 1 aliphatic carbocycles. The predicted octanol–water partition coefficient (Wildman–Crippen LogP) is 3.97. The van der Waals surface area contributed by atoms with E-state index < -0.39 is 0 Å². The monoisotopic (exact) mass is 261 g/mol. The van der Waals surface area contributed by atoms with E-state index in [1.807, 2.05) is 6.07 Å². The summed E-state index contributed by atoms with van der Waals surface area (Å²) < 4.78 is 5.93. The smallest absolute Gasteiger partial charge is 0.348 e. The summed E-state index contributed by atoms with van der Waals surface area (Å²) in [5.74, 6) is -0.256. The molecule has 94 valence electrons. The van der Waals surface area contributed by atoms with E-state index in [0.29, 0.717) is 4.88 Å². The second kappa shape index (κ2) is 4.61. The number of allylic oxidation sites excluding steroid dienone is 2. The van der Waals surface area contributed by atoms with E-state index in [0.717, 1.165) is 18.4 Å². The molecule has 1 N–H and O–H groups in total. The molecule has 4 heteroatoms. The Morgan fingerprint density at radius 1 is 1.44 bits per heavy atom. The minimum Gasteiger partial charge on any atom is -0.465 e. The maximum Gasteiger partial charge on any atom is 0.348 e. The standard InChI is InChI=1S/C14H15NO2S/c1-17-14(16)12-7-11-13(18-12)10(8-15-11)9-5-3-2-4-6-9/h5,7-8,15H,2-4,6H2,1H3. The van der Waals surface area contributed by atoms with Crippen molar-refractivity contribution in [3.8, 4) is 0 Å². The molecule has 2 aromatic rings. The first-order chi connectivity index (χ1) is 8.79. The summed E-state index contributed by atoms with van der Waals surface area (Å²) in [5, 5.41) is 0. The van der Waals surface area contributed by atoms with Gasteiger partial charge in [0.2, 0.25) is 0 Å².